The van der Waals surface area contributed by atoms with Crippen molar-refractivity contribution in [3.05, 3.63) is 35.4 Å². The summed E-state index contributed by atoms with van der Waals surface area (Å²) in [7, 11) is 0. The second-order valence-electron chi connectivity index (χ2n) is 2.63. The van der Waals surface area contributed by atoms with Crippen LogP contribution < -0.4 is 5.73 Å². The molecule has 0 aliphatic heterocycles. The molecule has 1 aromatic carbocycles. The number of carbonyl (C=O) groups is 2. The van der Waals surface area contributed by atoms with Crippen molar-refractivity contribution in [1.82, 2.24) is 0 Å². The number of benzene rings is 1. The molecule has 1 rings (SSSR count). The second-order valence-corrected chi connectivity index (χ2v) is 2.63. The summed E-state index contributed by atoms with van der Waals surface area (Å²) in [6.07, 6.45) is -0.0426. The van der Waals surface area contributed by atoms with E-state index in [2.05, 4.69) is 0 Å². The van der Waals surface area contributed by atoms with Gasteiger partial charge in [0.2, 0.25) is 5.91 Å². The molecule has 0 saturated carbocycles. The van der Waals surface area contributed by atoms with Crippen molar-refractivity contribution in [2.45, 2.75) is 6.42 Å². The van der Waals surface area contributed by atoms with Crippen LogP contribution in [0.15, 0.2) is 24.3 Å². The van der Waals surface area contributed by atoms with Gasteiger partial charge in [-0.15, -0.1) is 0 Å². The number of hydrogen-bond donors (Lipinski definition) is 2. The first-order valence-electron chi connectivity index (χ1n) is 3.70. The Morgan fingerprint density at radius 3 is 2.15 bits per heavy atom. The van der Waals surface area contributed by atoms with Gasteiger partial charge in [-0.25, -0.2) is 0 Å². The molecule has 4 nitrogen and oxygen atoms in total. The second kappa shape index (κ2) is 3.71. The van der Waals surface area contributed by atoms with Gasteiger partial charge in [-0.1, -0.05) is 12.1 Å². The lowest BCUT2D eigenvalue weighted by Crippen LogP contribution is -2.10. The van der Waals surface area contributed by atoms with Crippen molar-refractivity contribution >= 4 is 11.9 Å². The van der Waals surface area contributed by atoms with Crippen molar-refractivity contribution in [3.63, 3.8) is 0 Å². The summed E-state index contributed by atoms with van der Waals surface area (Å²) in [5.74, 6) is -1.41. The summed E-state index contributed by atoms with van der Waals surface area (Å²) in [5, 5.41) is 8.45. The topological polar surface area (TPSA) is 80.4 Å². The molecule has 4 heteroatoms. The van der Waals surface area contributed by atoms with E-state index >= 15 is 0 Å². The van der Waals surface area contributed by atoms with Gasteiger partial charge < -0.3 is 10.8 Å². The SMILES string of the molecule is NC(=O)c1ccc(CC(=O)O)cc1. The summed E-state index contributed by atoms with van der Waals surface area (Å²) in [6, 6.07) is 6.18. The normalized spacial score (nSPS) is 9.54. The van der Waals surface area contributed by atoms with Crippen LogP contribution in [0.3, 0.4) is 0 Å². The number of rotatable bonds is 3. The monoisotopic (exact) mass is 179 g/mol. The predicted octanol–water partition coefficient (Wildman–Crippen LogP) is 0.413. The van der Waals surface area contributed by atoms with Crippen molar-refractivity contribution < 1.29 is 14.7 Å². The summed E-state index contributed by atoms with van der Waals surface area (Å²) in [4.78, 5) is 20.9. The Morgan fingerprint density at radius 2 is 1.77 bits per heavy atom. The maximum absolute atomic E-state index is 10.6. The van der Waals surface area contributed by atoms with E-state index in [1.807, 2.05) is 0 Å². The average Bonchev–Trinajstić information content (AvgIpc) is 2.04. The van der Waals surface area contributed by atoms with E-state index in [1.165, 1.54) is 12.1 Å². The standard InChI is InChI=1S/C9H9NO3/c10-9(13)7-3-1-6(2-4-7)5-8(11)12/h1-4H,5H2,(H2,10,13)(H,11,12). The number of carboxylic acid groups (broad SMARTS) is 1. The number of amides is 1. The highest BCUT2D eigenvalue weighted by Crippen LogP contribution is 2.04. The van der Waals surface area contributed by atoms with Gasteiger partial charge >= 0.3 is 5.97 Å². The summed E-state index contributed by atoms with van der Waals surface area (Å²) >= 11 is 0. The molecule has 0 spiro atoms. The van der Waals surface area contributed by atoms with Gasteiger partial charge in [0.15, 0.2) is 0 Å². The first-order chi connectivity index (χ1) is 6.09. The Kier molecular flexibility index (Phi) is 2.64. The number of primary amides is 1. The van der Waals surface area contributed by atoms with E-state index in [-0.39, 0.29) is 6.42 Å². The molecule has 0 bridgehead atoms. The molecule has 68 valence electrons. The Labute approximate surface area is 75.0 Å². The lowest BCUT2D eigenvalue weighted by atomic mass is 10.1. The van der Waals surface area contributed by atoms with Crippen LogP contribution in [0.25, 0.3) is 0 Å². The molecule has 0 aliphatic carbocycles. The fourth-order valence-electron chi connectivity index (χ4n) is 0.961. The maximum atomic E-state index is 10.6. The minimum Gasteiger partial charge on any atom is -0.481 e. The molecular weight excluding hydrogens is 170 g/mol. The van der Waals surface area contributed by atoms with Gasteiger partial charge in [-0.05, 0) is 17.7 Å². The zero-order valence-electron chi connectivity index (χ0n) is 6.86. The molecule has 0 atom stereocenters. The Balaban J connectivity index is 2.81. The van der Waals surface area contributed by atoms with Gasteiger partial charge in [0.05, 0.1) is 6.42 Å². The quantitative estimate of drug-likeness (QED) is 0.705. The highest BCUT2D eigenvalue weighted by atomic mass is 16.4. The van der Waals surface area contributed by atoms with Crippen LogP contribution >= 0.6 is 0 Å². The van der Waals surface area contributed by atoms with Crippen LogP contribution in [-0.4, -0.2) is 17.0 Å². The first-order valence-corrected chi connectivity index (χ1v) is 3.70. The third-order valence-electron chi connectivity index (χ3n) is 1.59. The smallest absolute Gasteiger partial charge is 0.307 e. The molecule has 1 aromatic rings. The van der Waals surface area contributed by atoms with Crippen molar-refractivity contribution in [2.24, 2.45) is 5.73 Å². The third-order valence-corrected chi connectivity index (χ3v) is 1.59. The highest BCUT2D eigenvalue weighted by Gasteiger charge is 2.02. The van der Waals surface area contributed by atoms with E-state index in [4.69, 9.17) is 10.8 Å². The van der Waals surface area contributed by atoms with E-state index in [1.54, 1.807) is 12.1 Å². The van der Waals surface area contributed by atoms with Crippen LogP contribution in [0.5, 0.6) is 0 Å². The fourth-order valence-corrected chi connectivity index (χ4v) is 0.961. The summed E-state index contributed by atoms with van der Waals surface area (Å²) in [6.45, 7) is 0. The number of hydrogen-bond acceptors (Lipinski definition) is 2. The zero-order chi connectivity index (χ0) is 9.84. The molecule has 0 aliphatic rings. The van der Waals surface area contributed by atoms with Crippen LogP contribution in [0.4, 0.5) is 0 Å². The van der Waals surface area contributed by atoms with E-state index in [0.29, 0.717) is 11.1 Å². The molecule has 1 amide bonds. The Bertz CT molecular complexity index is 329. The van der Waals surface area contributed by atoms with Gasteiger partial charge in [0, 0.05) is 5.56 Å². The molecule has 13 heavy (non-hydrogen) atoms. The van der Waals surface area contributed by atoms with Crippen LogP contribution in [-0.2, 0) is 11.2 Å². The molecule has 3 N–H and O–H groups in total. The number of aliphatic carboxylic acids is 1. The maximum Gasteiger partial charge on any atom is 0.307 e. The lowest BCUT2D eigenvalue weighted by Gasteiger charge is -1.97. The lowest BCUT2D eigenvalue weighted by molar-refractivity contribution is -0.136. The minimum atomic E-state index is -0.896. The van der Waals surface area contributed by atoms with Gasteiger partial charge in [-0.2, -0.15) is 0 Å². The van der Waals surface area contributed by atoms with Crippen molar-refractivity contribution in [3.8, 4) is 0 Å². The fraction of sp³-hybridized carbons (Fsp3) is 0.111. The molecule has 0 fully saturated rings. The van der Waals surface area contributed by atoms with Crippen LogP contribution in [0, 0.1) is 0 Å². The van der Waals surface area contributed by atoms with Crippen LogP contribution in [0.2, 0.25) is 0 Å². The number of nitrogens with two attached hydrogens (primary N) is 1. The summed E-state index contributed by atoms with van der Waals surface area (Å²) in [5.41, 5.74) is 6.04. The van der Waals surface area contributed by atoms with Crippen LogP contribution in [0.1, 0.15) is 15.9 Å². The minimum absolute atomic E-state index is 0.0426. The van der Waals surface area contributed by atoms with Gasteiger partial charge in [0.1, 0.15) is 0 Å². The van der Waals surface area contributed by atoms with E-state index < -0.39 is 11.9 Å². The van der Waals surface area contributed by atoms with Gasteiger partial charge in [0.25, 0.3) is 0 Å². The van der Waals surface area contributed by atoms with Gasteiger partial charge in [-0.3, -0.25) is 9.59 Å². The van der Waals surface area contributed by atoms with E-state index in [9.17, 15) is 9.59 Å². The summed E-state index contributed by atoms with van der Waals surface area (Å²) < 4.78 is 0. The molecular formula is C9H9NO3. The molecule has 0 aromatic heterocycles. The molecule has 0 saturated heterocycles. The molecule has 0 radical (unpaired) electrons. The first kappa shape index (κ1) is 9.25. The highest BCUT2D eigenvalue weighted by molar-refractivity contribution is 5.92. The Hall–Kier alpha value is -1.84. The third kappa shape index (κ3) is 2.59. The number of carbonyl (C=O) groups excluding carboxylic acids is 1. The average molecular weight is 179 g/mol. The molecule has 0 heterocycles. The van der Waals surface area contributed by atoms with Crippen molar-refractivity contribution in [2.75, 3.05) is 0 Å². The largest absolute Gasteiger partial charge is 0.481 e. The van der Waals surface area contributed by atoms with Crippen molar-refractivity contribution in [1.29, 1.82) is 0 Å². The van der Waals surface area contributed by atoms with E-state index in [0.717, 1.165) is 0 Å². The Morgan fingerprint density at radius 1 is 1.23 bits per heavy atom. The number of carboxylic acids is 1. The molecule has 0 unspecified atom stereocenters. The predicted molar refractivity (Wildman–Crippen MR) is 46.3 cm³/mol. The zero-order valence-corrected chi connectivity index (χ0v) is 6.86.